The molecule has 0 saturated heterocycles. The number of rotatable bonds is 4. The van der Waals surface area contributed by atoms with Crippen LogP contribution in [0.15, 0.2) is 6.07 Å². The van der Waals surface area contributed by atoms with Crippen LogP contribution in [-0.2, 0) is 0 Å². The number of hydrogen-bond acceptors (Lipinski definition) is 3. The summed E-state index contributed by atoms with van der Waals surface area (Å²) in [5.41, 5.74) is 0. The van der Waals surface area contributed by atoms with Gasteiger partial charge in [-0.1, -0.05) is 20.3 Å². The van der Waals surface area contributed by atoms with Gasteiger partial charge in [0.2, 0.25) is 0 Å². The molecule has 1 heterocycles. The number of halogens is 2. The summed E-state index contributed by atoms with van der Waals surface area (Å²) in [5.74, 6) is 0.0557. The summed E-state index contributed by atoms with van der Waals surface area (Å²) < 4.78 is 27.1. The summed E-state index contributed by atoms with van der Waals surface area (Å²) in [4.78, 5) is 3.97. The highest BCUT2D eigenvalue weighted by molar-refractivity contribution is 5.47. The Hall–Kier alpha value is -1.39. The van der Waals surface area contributed by atoms with Crippen molar-refractivity contribution in [3.63, 3.8) is 0 Å². The van der Waals surface area contributed by atoms with Gasteiger partial charge >= 0.3 is 0 Å². The average molecular weight is 269 g/mol. The smallest absolute Gasteiger partial charge is 0.168 e. The Labute approximate surface area is 112 Å². The second-order valence-corrected chi connectivity index (χ2v) is 5.25. The number of anilines is 2. The third-order valence-electron chi connectivity index (χ3n) is 4.24. The second kappa shape index (κ2) is 5.72. The molecule has 0 aliphatic heterocycles. The first kappa shape index (κ1) is 14.0. The van der Waals surface area contributed by atoms with Crippen LogP contribution in [0.4, 0.5) is 20.4 Å². The van der Waals surface area contributed by atoms with E-state index in [1.54, 1.807) is 7.05 Å². The SMILES string of the molecule is CCC1CCC(Nc2nc(NC)c(F)cc2F)C1C. The van der Waals surface area contributed by atoms with Crippen LogP contribution >= 0.6 is 0 Å². The van der Waals surface area contributed by atoms with Gasteiger partial charge in [0, 0.05) is 19.2 Å². The Morgan fingerprint density at radius 3 is 2.53 bits per heavy atom. The van der Waals surface area contributed by atoms with E-state index in [1.165, 1.54) is 0 Å². The first-order valence-electron chi connectivity index (χ1n) is 6.87. The summed E-state index contributed by atoms with van der Waals surface area (Å²) in [6.07, 6.45) is 3.30. The minimum absolute atomic E-state index is 0.0709. The monoisotopic (exact) mass is 269 g/mol. The Balaban J connectivity index is 2.15. The van der Waals surface area contributed by atoms with Crippen LogP contribution in [-0.4, -0.2) is 18.1 Å². The molecule has 0 radical (unpaired) electrons. The van der Waals surface area contributed by atoms with Crippen molar-refractivity contribution < 1.29 is 8.78 Å². The molecule has 1 aliphatic carbocycles. The van der Waals surface area contributed by atoms with Crippen LogP contribution in [0.3, 0.4) is 0 Å². The van der Waals surface area contributed by atoms with Gasteiger partial charge in [0.25, 0.3) is 0 Å². The molecule has 1 fully saturated rings. The van der Waals surface area contributed by atoms with Gasteiger partial charge in [0.1, 0.15) is 0 Å². The third kappa shape index (κ3) is 2.80. The standard InChI is InChI=1S/C14H21F2N3/c1-4-9-5-6-12(8(9)2)18-14-11(16)7-10(15)13(17-3)19-14/h7-9,12H,4-6H2,1-3H3,(H2,17,18,19). The van der Waals surface area contributed by atoms with E-state index in [1.807, 2.05) is 0 Å². The second-order valence-electron chi connectivity index (χ2n) is 5.25. The van der Waals surface area contributed by atoms with E-state index in [9.17, 15) is 8.78 Å². The predicted molar refractivity (Wildman–Crippen MR) is 73.3 cm³/mol. The largest absolute Gasteiger partial charge is 0.371 e. The van der Waals surface area contributed by atoms with E-state index in [4.69, 9.17) is 0 Å². The summed E-state index contributed by atoms with van der Waals surface area (Å²) in [5, 5.41) is 5.76. The highest BCUT2D eigenvalue weighted by Crippen LogP contribution is 2.36. The zero-order valence-corrected chi connectivity index (χ0v) is 11.6. The van der Waals surface area contributed by atoms with E-state index in [2.05, 4.69) is 29.5 Å². The average Bonchev–Trinajstić information content (AvgIpc) is 2.73. The van der Waals surface area contributed by atoms with Crippen molar-refractivity contribution in [2.24, 2.45) is 11.8 Å². The molecular weight excluding hydrogens is 248 g/mol. The van der Waals surface area contributed by atoms with E-state index in [-0.39, 0.29) is 17.7 Å². The molecule has 1 aromatic rings. The molecule has 2 N–H and O–H groups in total. The number of hydrogen-bond donors (Lipinski definition) is 2. The fourth-order valence-corrected chi connectivity index (χ4v) is 2.95. The van der Waals surface area contributed by atoms with E-state index < -0.39 is 11.6 Å². The summed E-state index contributed by atoms with van der Waals surface area (Å²) in [6.45, 7) is 4.36. The van der Waals surface area contributed by atoms with Crippen LogP contribution in [0.25, 0.3) is 0 Å². The van der Waals surface area contributed by atoms with E-state index in [0.29, 0.717) is 11.8 Å². The highest BCUT2D eigenvalue weighted by Gasteiger charge is 2.32. The predicted octanol–water partition coefficient (Wildman–Crippen LogP) is 3.64. The molecule has 1 aliphatic rings. The molecule has 106 valence electrons. The van der Waals surface area contributed by atoms with Crippen LogP contribution < -0.4 is 10.6 Å². The molecule has 3 atom stereocenters. The zero-order valence-electron chi connectivity index (χ0n) is 11.6. The minimum atomic E-state index is -0.670. The van der Waals surface area contributed by atoms with Crippen LogP contribution in [0.5, 0.6) is 0 Å². The third-order valence-corrected chi connectivity index (χ3v) is 4.24. The lowest BCUT2D eigenvalue weighted by Crippen LogP contribution is -2.26. The quantitative estimate of drug-likeness (QED) is 0.876. The maximum Gasteiger partial charge on any atom is 0.168 e. The summed E-state index contributed by atoms with van der Waals surface area (Å²) in [7, 11) is 1.57. The minimum Gasteiger partial charge on any atom is -0.371 e. The first-order chi connectivity index (χ1) is 9.06. The molecule has 0 amide bonds. The maximum absolute atomic E-state index is 13.7. The molecule has 2 rings (SSSR count). The topological polar surface area (TPSA) is 37.0 Å². The first-order valence-corrected chi connectivity index (χ1v) is 6.87. The number of nitrogens with one attached hydrogen (secondary N) is 2. The van der Waals surface area contributed by atoms with Crippen molar-refractivity contribution in [1.29, 1.82) is 0 Å². The van der Waals surface area contributed by atoms with E-state index in [0.717, 1.165) is 25.3 Å². The number of pyridine rings is 1. The van der Waals surface area contributed by atoms with Gasteiger partial charge in [-0.25, -0.2) is 13.8 Å². The highest BCUT2D eigenvalue weighted by atomic mass is 19.1. The van der Waals surface area contributed by atoms with Crippen LogP contribution in [0.2, 0.25) is 0 Å². The lowest BCUT2D eigenvalue weighted by Gasteiger charge is -2.22. The molecule has 0 bridgehead atoms. The van der Waals surface area contributed by atoms with Crippen molar-refractivity contribution in [1.82, 2.24) is 4.98 Å². The van der Waals surface area contributed by atoms with Gasteiger partial charge in [-0.3, -0.25) is 0 Å². The Morgan fingerprint density at radius 1 is 1.26 bits per heavy atom. The fourth-order valence-electron chi connectivity index (χ4n) is 2.95. The lowest BCUT2D eigenvalue weighted by molar-refractivity contribution is 0.391. The summed E-state index contributed by atoms with van der Waals surface area (Å²) >= 11 is 0. The Kier molecular flexibility index (Phi) is 4.22. The molecule has 5 heteroatoms. The maximum atomic E-state index is 13.7. The molecule has 0 aromatic carbocycles. The fraction of sp³-hybridized carbons (Fsp3) is 0.643. The van der Waals surface area contributed by atoms with Gasteiger partial charge in [-0.05, 0) is 24.7 Å². The van der Waals surface area contributed by atoms with Crippen molar-refractivity contribution in [2.75, 3.05) is 17.7 Å². The van der Waals surface area contributed by atoms with Crippen LogP contribution in [0, 0.1) is 23.5 Å². The molecule has 3 nitrogen and oxygen atoms in total. The Bertz CT molecular complexity index is 451. The van der Waals surface area contributed by atoms with Crippen molar-refractivity contribution >= 4 is 11.6 Å². The Morgan fingerprint density at radius 2 is 1.95 bits per heavy atom. The molecule has 1 saturated carbocycles. The lowest BCUT2D eigenvalue weighted by atomic mass is 9.93. The van der Waals surface area contributed by atoms with Gasteiger partial charge in [-0.15, -0.1) is 0 Å². The normalized spacial score (nSPS) is 26.5. The van der Waals surface area contributed by atoms with Gasteiger partial charge in [0.05, 0.1) is 0 Å². The van der Waals surface area contributed by atoms with E-state index >= 15 is 0 Å². The van der Waals surface area contributed by atoms with Gasteiger partial charge in [-0.2, -0.15) is 0 Å². The van der Waals surface area contributed by atoms with Crippen molar-refractivity contribution in [3.8, 4) is 0 Å². The van der Waals surface area contributed by atoms with Gasteiger partial charge < -0.3 is 10.6 Å². The number of nitrogens with zero attached hydrogens (tertiary/aromatic N) is 1. The molecule has 19 heavy (non-hydrogen) atoms. The van der Waals surface area contributed by atoms with Crippen molar-refractivity contribution in [2.45, 2.75) is 39.2 Å². The molecule has 0 spiro atoms. The molecular formula is C14H21F2N3. The summed E-state index contributed by atoms with van der Waals surface area (Å²) in [6, 6.07) is 1.08. The van der Waals surface area contributed by atoms with Crippen LogP contribution in [0.1, 0.15) is 33.1 Å². The zero-order chi connectivity index (χ0) is 14.0. The number of aromatic nitrogens is 1. The molecule has 3 unspecified atom stereocenters. The molecule has 1 aromatic heterocycles. The van der Waals surface area contributed by atoms with Crippen molar-refractivity contribution in [3.05, 3.63) is 17.7 Å². The van der Waals surface area contributed by atoms with Gasteiger partial charge in [0.15, 0.2) is 23.3 Å².